The highest BCUT2D eigenvalue weighted by Crippen LogP contribution is 2.16. The fourth-order valence-corrected chi connectivity index (χ4v) is 1.76. The Kier molecular flexibility index (Phi) is 3.18. The van der Waals surface area contributed by atoms with Crippen molar-refractivity contribution in [3.8, 4) is 0 Å². The lowest BCUT2D eigenvalue weighted by Crippen LogP contribution is -2.13. The molecular formula is C12H17N5O. The van der Waals surface area contributed by atoms with Gasteiger partial charge < -0.3 is 5.32 Å². The maximum atomic E-state index is 12.1. The summed E-state index contributed by atoms with van der Waals surface area (Å²) in [7, 11) is 0. The first kappa shape index (κ1) is 12.3. The van der Waals surface area contributed by atoms with E-state index in [0.717, 1.165) is 11.4 Å². The fraction of sp³-hybridized carbons (Fsp3) is 0.417. The van der Waals surface area contributed by atoms with Crippen LogP contribution in [0.15, 0.2) is 6.07 Å². The van der Waals surface area contributed by atoms with Gasteiger partial charge in [-0.3, -0.25) is 15.0 Å². The molecule has 1 amide bonds. The van der Waals surface area contributed by atoms with Gasteiger partial charge in [-0.2, -0.15) is 10.2 Å². The predicted molar refractivity (Wildman–Crippen MR) is 68.7 cm³/mol. The Morgan fingerprint density at radius 1 is 1.28 bits per heavy atom. The molecule has 0 aliphatic carbocycles. The van der Waals surface area contributed by atoms with Crippen LogP contribution in [0, 0.1) is 13.8 Å². The lowest BCUT2D eigenvalue weighted by Gasteiger charge is -2.01. The molecule has 0 aliphatic rings. The minimum atomic E-state index is -0.194. The Morgan fingerprint density at radius 3 is 2.50 bits per heavy atom. The average Bonchev–Trinajstić information content (AvgIpc) is 2.86. The van der Waals surface area contributed by atoms with Gasteiger partial charge in [0.25, 0.3) is 5.91 Å². The van der Waals surface area contributed by atoms with E-state index in [1.54, 1.807) is 6.92 Å². The minimum Gasteiger partial charge on any atom is -0.305 e. The maximum Gasteiger partial charge on any atom is 0.260 e. The summed E-state index contributed by atoms with van der Waals surface area (Å²) in [5.41, 5.74) is 3.00. The molecule has 0 aromatic carbocycles. The van der Waals surface area contributed by atoms with Gasteiger partial charge in [0.1, 0.15) is 0 Å². The van der Waals surface area contributed by atoms with Gasteiger partial charge in [-0.15, -0.1) is 0 Å². The van der Waals surface area contributed by atoms with Gasteiger partial charge in [-0.25, -0.2) is 0 Å². The van der Waals surface area contributed by atoms with Crippen molar-refractivity contribution in [2.75, 3.05) is 5.32 Å². The molecule has 96 valence electrons. The Hall–Kier alpha value is -2.11. The largest absolute Gasteiger partial charge is 0.305 e. The Balaban J connectivity index is 2.16. The fourth-order valence-electron chi connectivity index (χ4n) is 1.76. The van der Waals surface area contributed by atoms with Crippen LogP contribution in [0.25, 0.3) is 0 Å². The molecule has 0 unspecified atom stereocenters. The summed E-state index contributed by atoms with van der Waals surface area (Å²) >= 11 is 0. The number of H-pyrrole nitrogens is 2. The van der Waals surface area contributed by atoms with Crippen LogP contribution in [-0.4, -0.2) is 26.3 Å². The van der Waals surface area contributed by atoms with Crippen molar-refractivity contribution in [3.05, 3.63) is 28.7 Å². The van der Waals surface area contributed by atoms with Gasteiger partial charge >= 0.3 is 0 Å². The minimum absolute atomic E-state index is 0.194. The zero-order chi connectivity index (χ0) is 13.3. The smallest absolute Gasteiger partial charge is 0.260 e. The zero-order valence-electron chi connectivity index (χ0n) is 11.0. The monoisotopic (exact) mass is 247 g/mol. The van der Waals surface area contributed by atoms with Gasteiger partial charge in [0.2, 0.25) is 0 Å². The molecule has 2 aromatic heterocycles. The summed E-state index contributed by atoms with van der Waals surface area (Å²) in [6.07, 6.45) is 0. The number of aromatic nitrogens is 4. The molecular weight excluding hydrogens is 230 g/mol. The first-order valence-electron chi connectivity index (χ1n) is 5.87. The van der Waals surface area contributed by atoms with Crippen LogP contribution in [-0.2, 0) is 0 Å². The molecule has 2 rings (SSSR count). The Bertz CT molecular complexity index is 547. The maximum absolute atomic E-state index is 12.1. The number of carbonyl (C=O) groups is 1. The van der Waals surface area contributed by atoms with Gasteiger partial charge in [0, 0.05) is 17.5 Å². The third-order valence-corrected chi connectivity index (χ3v) is 2.82. The average molecular weight is 247 g/mol. The molecule has 0 radical (unpaired) electrons. The SMILES string of the molecule is Cc1n[nH]c(C)c1C(=O)Nc1cc(C(C)C)[nH]n1. The van der Waals surface area contributed by atoms with E-state index in [1.165, 1.54) is 0 Å². The standard InChI is InChI=1S/C12H17N5O/c1-6(2)9-5-10(17-16-9)13-12(18)11-7(3)14-15-8(11)4/h5-6H,1-4H3,(H,14,15)(H2,13,16,17,18). The van der Waals surface area contributed by atoms with Gasteiger partial charge in [0.15, 0.2) is 5.82 Å². The molecule has 0 spiro atoms. The van der Waals surface area contributed by atoms with Crippen molar-refractivity contribution in [3.63, 3.8) is 0 Å². The Labute approximate surface area is 105 Å². The predicted octanol–water partition coefficient (Wildman–Crippen LogP) is 2.13. The van der Waals surface area contributed by atoms with E-state index in [0.29, 0.717) is 23.0 Å². The van der Waals surface area contributed by atoms with Crippen molar-refractivity contribution in [1.82, 2.24) is 20.4 Å². The van der Waals surface area contributed by atoms with E-state index in [9.17, 15) is 4.79 Å². The number of nitrogens with zero attached hydrogens (tertiary/aromatic N) is 2. The molecule has 0 saturated heterocycles. The Morgan fingerprint density at radius 2 is 2.00 bits per heavy atom. The van der Waals surface area contributed by atoms with Gasteiger partial charge in [-0.1, -0.05) is 13.8 Å². The van der Waals surface area contributed by atoms with Crippen molar-refractivity contribution in [1.29, 1.82) is 0 Å². The van der Waals surface area contributed by atoms with Gasteiger partial charge in [-0.05, 0) is 19.8 Å². The summed E-state index contributed by atoms with van der Waals surface area (Å²) in [5.74, 6) is 0.685. The number of aryl methyl sites for hydroxylation is 2. The molecule has 0 aliphatic heterocycles. The van der Waals surface area contributed by atoms with E-state index in [4.69, 9.17) is 0 Å². The highest BCUT2D eigenvalue weighted by atomic mass is 16.1. The van der Waals surface area contributed by atoms with Crippen LogP contribution in [0.1, 0.15) is 47.2 Å². The highest BCUT2D eigenvalue weighted by Gasteiger charge is 2.16. The number of aromatic amines is 2. The number of hydrogen-bond acceptors (Lipinski definition) is 3. The van der Waals surface area contributed by atoms with Crippen LogP contribution < -0.4 is 5.32 Å². The molecule has 0 bridgehead atoms. The number of hydrogen-bond donors (Lipinski definition) is 3. The quantitative estimate of drug-likeness (QED) is 0.776. The second kappa shape index (κ2) is 4.64. The van der Waals surface area contributed by atoms with E-state index in [2.05, 4.69) is 39.6 Å². The molecule has 18 heavy (non-hydrogen) atoms. The summed E-state index contributed by atoms with van der Waals surface area (Å²) in [5, 5.41) is 16.5. The molecule has 6 heteroatoms. The normalized spacial score (nSPS) is 10.9. The zero-order valence-corrected chi connectivity index (χ0v) is 11.0. The molecule has 6 nitrogen and oxygen atoms in total. The van der Waals surface area contributed by atoms with Crippen LogP contribution in [0.4, 0.5) is 5.82 Å². The number of anilines is 1. The van der Waals surface area contributed by atoms with Gasteiger partial charge in [0.05, 0.1) is 11.3 Å². The first-order chi connectivity index (χ1) is 8.49. The number of nitrogens with one attached hydrogen (secondary N) is 3. The van der Waals surface area contributed by atoms with Crippen molar-refractivity contribution in [2.24, 2.45) is 0 Å². The second-order valence-corrected chi connectivity index (χ2v) is 4.63. The van der Waals surface area contributed by atoms with Crippen molar-refractivity contribution >= 4 is 11.7 Å². The first-order valence-corrected chi connectivity index (χ1v) is 5.87. The number of carbonyl (C=O) groups excluding carboxylic acids is 1. The van der Waals surface area contributed by atoms with Crippen LogP contribution in [0.2, 0.25) is 0 Å². The van der Waals surface area contributed by atoms with Crippen LogP contribution >= 0.6 is 0 Å². The summed E-state index contributed by atoms with van der Waals surface area (Å²) < 4.78 is 0. The van der Waals surface area contributed by atoms with Crippen LogP contribution in [0.3, 0.4) is 0 Å². The topological polar surface area (TPSA) is 86.5 Å². The molecule has 2 heterocycles. The third-order valence-electron chi connectivity index (χ3n) is 2.82. The molecule has 0 fully saturated rings. The van der Waals surface area contributed by atoms with Crippen molar-refractivity contribution in [2.45, 2.75) is 33.6 Å². The van der Waals surface area contributed by atoms with Crippen LogP contribution in [0.5, 0.6) is 0 Å². The number of rotatable bonds is 3. The van der Waals surface area contributed by atoms with E-state index >= 15 is 0 Å². The highest BCUT2D eigenvalue weighted by molar-refractivity contribution is 6.05. The summed E-state index contributed by atoms with van der Waals surface area (Å²) in [4.78, 5) is 12.1. The summed E-state index contributed by atoms with van der Waals surface area (Å²) in [6.45, 7) is 7.73. The molecule has 2 aromatic rings. The molecule has 0 atom stereocenters. The third kappa shape index (κ3) is 2.27. The number of amides is 1. The molecule has 0 saturated carbocycles. The molecule has 3 N–H and O–H groups in total. The van der Waals surface area contributed by atoms with Crippen molar-refractivity contribution < 1.29 is 4.79 Å². The van der Waals surface area contributed by atoms with E-state index in [-0.39, 0.29) is 5.91 Å². The van der Waals surface area contributed by atoms with E-state index < -0.39 is 0 Å². The second-order valence-electron chi connectivity index (χ2n) is 4.63. The van der Waals surface area contributed by atoms with E-state index in [1.807, 2.05) is 13.0 Å². The lowest BCUT2D eigenvalue weighted by molar-refractivity contribution is 0.102. The lowest BCUT2D eigenvalue weighted by atomic mass is 10.1. The summed E-state index contributed by atoms with van der Waals surface area (Å²) in [6, 6.07) is 1.84.